The lowest BCUT2D eigenvalue weighted by Crippen LogP contribution is -2.30. The average Bonchev–Trinajstić information content (AvgIpc) is 2.74. The normalized spacial score (nSPS) is 12.8. The Bertz CT molecular complexity index is 346. The Hall–Kier alpha value is -1.36. The van der Waals surface area contributed by atoms with E-state index in [0.29, 0.717) is 12.3 Å². The first-order chi connectivity index (χ1) is 7.56. The molecule has 0 spiro atoms. The molecule has 0 aliphatic heterocycles. The van der Waals surface area contributed by atoms with Crippen molar-refractivity contribution in [3.63, 3.8) is 0 Å². The smallest absolute Gasteiger partial charge is 0.233 e. The molecule has 0 radical (unpaired) electrons. The van der Waals surface area contributed by atoms with E-state index in [9.17, 15) is 4.79 Å². The summed E-state index contributed by atoms with van der Waals surface area (Å²) in [5.74, 6) is 6.36. The van der Waals surface area contributed by atoms with Gasteiger partial charge in [0, 0.05) is 30.8 Å². The van der Waals surface area contributed by atoms with Crippen LogP contribution in [0.4, 0.5) is 0 Å². The highest BCUT2D eigenvalue weighted by Gasteiger charge is 2.13. The van der Waals surface area contributed by atoms with E-state index in [1.165, 1.54) is 0 Å². The minimum Gasteiger partial charge on any atom is -0.332 e. The summed E-state index contributed by atoms with van der Waals surface area (Å²) >= 11 is 0. The predicted octanol–water partition coefficient (Wildman–Crippen LogP) is 1.34. The third kappa shape index (κ3) is 3.06. The molecule has 16 heavy (non-hydrogen) atoms. The summed E-state index contributed by atoms with van der Waals surface area (Å²) in [6.45, 7) is 6.30. The van der Waals surface area contributed by atoms with Gasteiger partial charge in [-0.15, -0.1) is 0 Å². The molecule has 1 unspecified atom stereocenters. The van der Waals surface area contributed by atoms with Crippen LogP contribution in [0.25, 0.3) is 0 Å². The lowest BCUT2D eigenvalue weighted by atomic mass is 10.1. The van der Waals surface area contributed by atoms with Gasteiger partial charge in [0.2, 0.25) is 5.91 Å². The van der Waals surface area contributed by atoms with E-state index >= 15 is 0 Å². The molecule has 1 heterocycles. The number of aromatic nitrogens is 2. The Morgan fingerprint density at radius 3 is 2.81 bits per heavy atom. The highest BCUT2D eigenvalue weighted by Crippen LogP contribution is 2.20. The van der Waals surface area contributed by atoms with Gasteiger partial charge >= 0.3 is 0 Å². The second-order valence-electron chi connectivity index (χ2n) is 4.30. The molecule has 0 aromatic carbocycles. The number of nitrogens with two attached hydrogens (primary N) is 1. The van der Waals surface area contributed by atoms with Crippen LogP contribution in [-0.4, -0.2) is 15.5 Å². The van der Waals surface area contributed by atoms with Crippen molar-refractivity contribution in [2.75, 3.05) is 0 Å². The van der Waals surface area contributed by atoms with Crippen LogP contribution < -0.4 is 11.3 Å². The van der Waals surface area contributed by atoms with Gasteiger partial charge in [-0.25, -0.2) is 10.8 Å². The van der Waals surface area contributed by atoms with Crippen LogP contribution in [0.5, 0.6) is 0 Å². The quantitative estimate of drug-likeness (QED) is 0.450. The number of carbonyl (C=O) groups excluding carboxylic acids is 1. The third-order valence-corrected chi connectivity index (χ3v) is 2.64. The van der Waals surface area contributed by atoms with Gasteiger partial charge in [0.15, 0.2) is 0 Å². The molecule has 3 N–H and O–H groups in total. The van der Waals surface area contributed by atoms with Crippen molar-refractivity contribution in [3.8, 4) is 0 Å². The fourth-order valence-corrected chi connectivity index (χ4v) is 1.70. The SMILES string of the molecule is CC(C)c1nccn1C(C)CCC(=O)NN. The van der Waals surface area contributed by atoms with E-state index in [1.807, 2.05) is 6.20 Å². The first kappa shape index (κ1) is 12.7. The molecule has 0 saturated carbocycles. The van der Waals surface area contributed by atoms with Crippen molar-refractivity contribution >= 4 is 5.91 Å². The van der Waals surface area contributed by atoms with Crippen LogP contribution in [0.3, 0.4) is 0 Å². The highest BCUT2D eigenvalue weighted by molar-refractivity contribution is 5.75. The molecule has 5 nitrogen and oxygen atoms in total. The van der Waals surface area contributed by atoms with Gasteiger partial charge in [-0.1, -0.05) is 13.8 Å². The van der Waals surface area contributed by atoms with Crippen molar-refractivity contribution in [3.05, 3.63) is 18.2 Å². The molecule has 0 saturated heterocycles. The minimum atomic E-state index is -0.127. The Balaban J connectivity index is 2.62. The van der Waals surface area contributed by atoms with E-state index in [4.69, 9.17) is 5.84 Å². The molecule has 0 fully saturated rings. The van der Waals surface area contributed by atoms with Crippen molar-refractivity contribution in [1.82, 2.24) is 15.0 Å². The van der Waals surface area contributed by atoms with Crippen LogP contribution in [0.1, 0.15) is 51.4 Å². The summed E-state index contributed by atoms with van der Waals surface area (Å²) in [4.78, 5) is 15.4. The standard InChI is InChI=1S/C11H20N4O/c1-8(2)11-13-6-7-15(11)9(3)4-5-10(16)14-12/h6-9H,4-5,12H2,1-3H3,(H,14,16). The zero-order chi connectivity index (χ0) is 12.1. The number of rotatable bonds is 5. The number of hydrazine groups is 1. The van der Waals surface area contributed by atoms with Crippen LogP contribution >= 0.6 is 0 Å². The number of nitrogens with one attached hydrogen (secondary N) is 1. The fourth-order valence-electron chi connectivity index (χ4n) is 1.70. The molecule has 1 amide bonds. The van der Waals surface area contributed by atoms with Crippen LogP contribution in [-0.2, 0) is 4.79 Å². The summed E-state index contributed by atoms with van der Waals surface area (Å²) in [5, 5.41) is 0. The lowest BCUT2D eigenvalue weighted by Gasteiger charge is -2.17. The molecule has 5 heteroatoms. The summed E-state index contributed by atoms with van der Waals surface area (Å²) < 4.78 is 2.12. The van der Waals surface area contributed by atoms with E-state index in [1.54, 1.807) is 6.20 Å². The van der Waals surface area contributed by atoms with Gasteiger partial charge in [-0.3, -0.25) is 10.2 Å². The molecule has 0 aliphatic carbocycles. The second kappa shape index (κ2) is 5.65. The largest absolute Gasteiger partial charge is 0.332 e. The summed E-state index contributed by atoms with van der Waals surface area (Å²) in [5.41, 5.74) is 2.14. The van der Waals surface area contributed by atoms with Crippen LogP contribution in [0.2, 0.25) is 0 Å². The van der Waals surface area contributed by atoms with Crippen molar-refractivity contribution < 1.29 is 4.79 Å². The summed E-state index contributed by atoms with van der Waals surface area (Å²) in [6.07, 6.45) is 4.96. The number of carbonyl (C=O) groups is 1. The van der Waals surface area contributed by atoms with Gasteiger partial charge in [0.1, 0.15) is 5.82 Å². The van der Waals surface area contributed by atoms with Crippen LogP contribution in [0, 0.1) is 0 Å². The molecule has 0 aliphatic rings. The molecule has 1 rings (SSSR count). The molecular formula is C11H20N4O. The monoisotopic (exact) mass is 224 g/mol. The zero-order valence-corrected chi connectivity index (χ0v) is 10.1. The summed E-state index contributed by atoms with van der Waals surface area (Å²) in [7, 11) is 0. The van der Waals surface area contributed by atoms with Crippen LogP contribution in [0.15, 0.2) is 12.4 Å². The highest BCUT2D eigenvalue weighted by atomic mass is 16.2. The van der Waals surface area contributed by atoms with E-state index in [-0.39, 0.29) is 11.9 Å². The minimum absolute atomic E-state index is 0.127. The second-order valence-corrected chi connectivity index (χ2v) is 4.30. The molecular weight excluding hydrogens is 204 g/mol. The maximum atomic E-state index is 11.0. The van der Waals surface area contributed by atoms with Crippen molar-refractivity contribution in [2.45, 2.75) is 45.6 Å². The number of nitrogens with zero attached hydrogens (tertiary/aromatic N) is 2. The topological polar surface area (TPSA) is 72.9 Å². The maximum Gasteiger partial charge on any atom is 0.233 e. The number of hydrogen-bond donors (Lipinski definition) is 2. The average molecular weight is 224 g/mol. The first-order valence-corrected chi connectivity index (χ1v) is 5.58. The van der Waals surface area contributed by atoms with E-state index in [2.05, 4.69) is 35.7 Å². The zero-order valence-electron chi connectivity index (χ0n) is 10.1. The molecule has 1 aromatic rings. The van der Waals surface area contributed by atoms with Crippen molar-refractivity contribution in [2.24, 2.45) is 5.84 Å². The molecule has 90 valence electrons. The predicted molar refractivity (Wildman–Crippen MR) is 62.6 cm³/mol. The van der Waals surface area contributed by atoms with Gasteiger partial charge in [0.25, 0.3) is 0 Å². The van der Waals surface area contributed by atoms with Gasteiger partial charge in [-0.2, -0.15) is 0 Å². The van der Waals surface area contributed by atoms with Gasteiger partial charge < -0.3 is 4.57 Å². The third-order valence-electron chi connectivity index (χ3n) is 2.64. The van der Waals surface area contributed by atoms with E-state index in [0.717, 1.165) is 12.2 Å². The molecule has 1 atom stereocenters. The Morgan fingerprint density at radius 2 is 2.25 bits per heavy atom. The Kier molecular flexibility index (Phi) is 4.49. The van der Waals surface area contributed by atoms with Gasteiger partial charge in [0.05, 0.1) is 0 Å². The maximum absolute atomic E-state index is 11.0. The fraction of sp³-hybridized carbons (Fsp3) is 0.636. The Morgan fingerprint density at radius 1 is 1.56 bits per heavy atom. The summed E-state index contributed by atoms with van der Waals surface area (Å²) in [6, 6.07) is 0.261. The molecule has 1 aromatic heterocycles. The number of amides is 1. The number of imidazole rings is 1. The Labute approximate surface area is 96.0 Å². The van der Waals surface area contributed by atoms with E-state index < -0.39 is 0 Å². The lowest BCUT2D eigenvalue weighted by molar-refractivity contribution is -0.121. The molecule has 0 bridgehead atoms. The first-order valence-electron chi connectivity index (χ1n) is 5.58. The van der Waals surface area contributed by atoms with Crippen molar-refractivity contribution in [1.29, 1.82) is 0 Å². The number of hydrogen-bond acceptors (Lipinski definition) is 3. The van der Waals surface area contributed by atoms with Gasteiger partial charge in [-0.05, 0) is 13.3 Å².